The summed E-state index contributed by atoms with van der Waals surface area (Å²) in [6, 6.07) is 11.5. The third kappa shape index (κ3) is 3.00. The van der Waals surface area contributed by atoms with Gasteiger partial charge < -0.3 is 14.4 Å². The zero-order valence-electron chi connectivity index (χ0n) is 11.5. The average Bonchev–Trinajstić information content (AvgIpc) is 3.15. The quantitative estimate of drug-likeness (QED) is 0.794. The molecule has 0 aliphatic carbocycles. The van der Waals surface area contributed by atoms with Crippen molar-refractivity contribution in [3.63, 3.8) is 0 Å². The number of rotatable bonds is 4. The van der Waals surface area contributed by atoms with Crippen LogP contribution < -0.4 is 5.32 Å². The van der Waals surface area contributed by atoms with Crippen LogP contribution in [0.4, 0.5) is 0 Å². The summed E-state index contributed by atoms with van der Waals surface area (Å²) >= 11 is 0. The monoisotopic (exact) mass is 282 g/mol. The van der Waals surface area contributed by atoms with Crippen molar-refractivity contribution in [3.8, 4) is 11.3 Å². The number of aryl methyl sites for hydroxylation is 1. The molecule has 0 saturated heterocycles. The number of hydrogen-bond donors (Lipinski definition) is 1. The molecule has 3 rings (SSSR count). The molecule has 3 aromatic rings. The Kier molecular flexibility index (Phi) is 3.51. The Morgan fingerprint density at radius 3 is 2.86 bits per heavy atom. The minimum atomic E-state index is -0.236. The predicted octanol–water partition coefficient (Wildman–Crippen LogP) is 2.01. The van der Waals surface area contributed by atoms with Gasteiger partial charge in [0.05, 0.1) is 12.9 Å². The number of benzene rings is 1. The van der Waals surface area contributed by atoms with E-state index in [1.165, 1.54) is 0 Å². The van der Waals surface area contributed by atoms with Crippen molar-refractivity contribution in [2.24, 2.45) is 7.05 Å². The zero-order valence-corrected chi connectivity index (χ0v) is 11.5. The van der Waals surface area contributed by atoms with Crippen molar-refractivity contribution < 1.29 is 9.32 Å². The van der Waals surface area contributed by atoms with Gasteiger partial charge in [0.25, 0.3) is 5.91 Å². The van der Waals surface area contributed by atoms with Gasteiger partial charge in [-0.05, 0) is 0 Å². The lowest BCUT2D eigenvalue weighted by Gasteiger charge is -1.98. The molecule has 1 N–H and O–H groups in total. The minimum absolute atomic E-state index is 0.236. The van der Waals surface area contributed by atoms with Crippen molar-refractivity contribution in [1.82, 2.24) is 20.0 Å². The first-order valence-corrected chi connectivity index (χ1v) is 6.49. The molecule has 0 unspecified atom stereocenters. The second-order valence-corrected chi connectivity index (χ2v) is 4.66. The van der Waals surface area contributed by atoms with Gasteiger partial charge in [0.2, 0.25) is 0 Å². The fourth-order valence-electron chi connectivity index (χ4n) is 1.93. The average molecular weight is 282 g/mol. The topological polar surface area (TPSA) is 73.0 Å². The van der Waals surface area contributed by atoms with Gasteiger partial charge in [0, 0.05) is 24.9 Å². The third-order valence-electron chi connectivity index (χ3n) is 2.98. The number of hydrogen-bond acceptors (Lipinski definition) is 4. The first kappa shape index (κ1) is 13.1. The summed E-state index contributed by atoms with van der Waals surface area (Å²) in [6.45, 7) is 0.297. The fraction of sp³-hybridized carbons (Fsp3) is 0.133. The summed E-state index contributed by atoms with van der Waals surface area (Å²) in [6.07, 6.45) is 3.24. The Labute approximate surface area is 121 Å². The van der Waals surface area contributed by atoms with Crippen molar-refractivity contribution in [1.29, 1.82) is 0 Å². The number of carbonyl (C=O) groups excluding carboxylic acids is 1. The SMILES string of the molecule is Cn1cnc(C(=O)NCc2cc(-c3ccccc3)on2)c1. The van der Waals surface area contributed by atoms with E-state index in [-0.39, 0.29) is 5.91 Å². The lowest BCUT2D eigenvalue weighted by Crippen LogP contribution is -2.23. The molecular formula is C15H14N4O2. The van der Waals surface area contributed by atoms with E-state index < -0.39 is 0 Å². The maximum atomic E-state index is 11.9. The van der Waals surface area contributed by atoms with E-state index in [4.69, 9.17) is 4.52 Å². The van der Waals surface area contributed by atoms with Crippen LogP contribution in [0.2, 0.25) is 0 Å². The lowest BCUT2D eigenvalue weighted by atomic mass is 10.2. The molecule has 0 radical (unpaired) electrons. The van der Waals surface area contributed by atoms with E-state index in [1.54, 1.807) is 17.1 Å². The van der Waals surface area contributed by atoms with Crippen LogP contribution in [-0.2, 0) is 13.6 Å². The molecule has 0 saturated carbocycles. The van der Waals surface area contributed by atoms with Crippen LogP contribution >= 0.6 is 0 Å². The van der Waals surface area contributed by atoms with Gasteiger partial charge in [-0.3, -0.25) is 4.79 Å². The highest BCUT2D eigenvalue weighted by molar-refractivity contribution is 5.91. The highest BCUT2D eigenvalue weighted by atomic mass is 16.5. The highest BCUT2D eigenvalue weighted by Crippen LogP contribution is 2.19. The smallest absolute Gasteiger partial charge is 0.271 e. The van der Waals surface area contributed by atoms with Crippen molar-refractivity contribution in [2.75, 3.05) is 0 Å². The number of nitrogens with one attached hydrogen (secondary N) is 1. The van der Waals surface area contributed by atoms with Crippen molar-refractivity contribution in [2.45, 2.75) is 6.54 Å². The summed E-state index contributed by atoms with van der Waals surface area (Å²) in [7, 11) is 1.81. The molecule has 0 aliphatic rings. The summed E-state index contributed by atoms with van der Waals surface area (Å²) in [5, 5.41) is 6.70. The van der Waals surface area contributed by atoms with Gasteiger partial charge in [-0.15, -0.1) is 0 Å². The molecule has 0 bridgehead atoms. The van der Waals surface area contributed by atoms with Crippen LogP contribution in [0.15, 0.2) is 53.4 Å². The molecule has 1 aromatic carbocycles. The molecule has 6 nitrogen and oxygen atoms in total. The maximum Gasteiger partial charge on any atom is 0.271 e. The Hall–Kier alpha value is -2.89. The van der Waals surface area contributed by atoms with Gasteiger partial charge in [-0.1, -0.05) is 35.5 Å². The molecule has 21 heavy (non-hydrogen) atoms. The third-order valence-corrected chi connectivity index (χ3v) is 2.98. The Balaban J connectivity index is 1.64. The summed E-state index contributed by atoms with van der Waals surface area (Å²) in [4.78, 5) is 15.9. The molecule has 1 amide bonds. The van der Waals surface area contributed by atoms with Gasteiger partial charge in [0.1, 0.15) is 11.4 Å². The molecular weight excluding hydrogens is 268 g/mol. The highest BCUT2D eigenvalue weighted by Gasteiger charge is 2.10. The van der Waals surface area contributed by atoms with Crippen molar-refractivity contribution >= 4 is 5.91 Å². The summed E-state index contributed by atoms with van der Waals surface area (Å²) < 4.78 is 6.99. The number of nitrogens with zero attached hydrogens (tertiary/aromatic N) is 3. The van der Waals surface area contributed by atoms with E-state index in [9.17, 15) is 4.79 Å². The van der Waals surface area contributed by atoms with Gasteiger partial charge >= 0.3 is 0 Å². The Morgan fingerprint density at radius 2 is 2.14 bits per heavy atom. The van der Waals surface area contributed by atoms with Crippen LogP contribution in [0, 0.1) is 0 Å². The maximum absolute atomic E-state index is 11.9. The van der Waals surface area contributed by atoms with E-state index in [2.05, 4.69) is 15.5 Å². The molecule has 6 heteroatoms. The molecule has 0 aliphatic heterocycles. The molecule has 0 fully saturated rings. The van der Waals surface area contributed by atoms with Gasteiger partial charge in [-0.2, -0.15) is 0 Å². The lowest BCUT2D eigenvalue weighted by molar-refractivity contribution is 0.0945. The Morgan fingerprint density at radius 1 is 1.33 bits per heavy atom. The normalized spacial score (nSPS) is 10.5. The molecule has 0 spiro atoms. The second-order valence-electron chi connectivity index (χ2n) is 4.66. The van der Waals surface area contributed by atoms with E-state index in [0.717, 1.165) is 5.56 Å². The van der Waals surface area contributed by atoms with E-state index >= 15 is 0 Å². The molecule has 2 aromatic heterocycles. The second kappa shape index (κ2) is 5.62. The van der Waals surface area contributed by atoms with Crippen LogP contribution in [-0.4, -0.2) is 20.6 Å². The molecule has 106 valence electrons. The molecule has 2 heterocycles. The first-order valence-electron chi connectivity index (χ1n) is 6.49. The number of aromatic nitrogens is 3. The van der Waals surface area contributed by atoms with Crippen LogP contribution in [0.3, 0.4) is 0 Å². The zero-order chi connectivity index (χ0) is 14.7. The van der Waals surface area contributed by atoms with E-state index in [0.29, 0.717) is 23.7 Å². The van der Waals surface area contributed by atoms with E-state index in [1.807, 2.05) is 43.4 Å². The molecule has 0 atom stereocenters. The van der Waals surface area contributed by atoms with Gasteiger partial charge in [0.15, 0.2) is 5.76 Å². The van der Waals surface area contributed by atoms with Crippen LogP contribution in [0.25, 0.3) is 11.3 Å². The largest absolute Gasteiger partial charge is 0.356 e. The fourth-order valence-corrected chi connectivity index (χ4v) is 1.93. The summed E-state index contributed by atoms with van der Waals surface area (Å²) in [5.41, 5.74) is 2.00. The Bertz CT molecular complexity index is 746. The van der Waals surface area contributed by atoms with Crippen molar-refractivity contribution in [3.05, 3.63) is 60.3 Å². The summed E-state index contributed by atoms with van der Waals surface area (Å²) in [5.74, 6) is 0.442. The minimum Gasteiger partial charge on any atom is -0.356 e. The number of carbonyl (C=O) groups is 1. The number of amides is 1. The van der Waals surface area contributed by atoms with Crippen LogP contribution in [0.5, 0.6) is 0 Å². The van der Waals surface area contributed by atoms with Gasteiger partial charge in [-0.25, -0.2) is 4.98 Å². The standard InChI is InChI=1S/C15H14N4O2/c1-19-9-13(17-10-19)15(20)16-8-12-7-14(21-18-12)11-5-3-2-4-6-11/h2-7,9-10H,8H2,1H3,(H,16,20). The number of imidazole rings is 1. The predicted molar refractivity (Wildman–Crippen MR) is 76.3 cm³/mol. The van der Waals surface area contributed by atoms with Crippen LogP contribution in [0.1, 0.15) is 16.2 Å². The first-order chi connectivity index (χ1) is 10.2.